The summed E-state index contributed by atoms with van der Waals surface area (Å²) in [6, 6.07) is 10.7. The van der Waals surface area contributed by atoms with Gasteiger partial charge in [0.1, 0.15) is 41.3 Å². The fraction of sp³-hybridized carbons (Fsp3) is 0.241. The number of fused-ring (bicyclic) bond motifs is 4. The van der Waals surface area contributed by atoms with E-state index in [9.17, 15) is 4.79 Å². The summed E-state index contributed by atoms with van der Waals surface area (Å²) < 4.78 is 22.9. The van der Waals surface area contributed by atoms with Crippen molar-refractivity contribution in [3.8, 4) is 11.5 Å². The van der Waals surface area contributed by atoms with Crippen LogP contribution in [0.3, 0.4) is 0 Å². The van der Waals surface area contributed by atoms with E-state index in [1.165, 1.54) is 24.8 Å². The third-order valence-electron chi connectivity index (χ3n) is 7.70. The molecule has 2 atom stereocenters. The number of hydrogen-bond acceptors (Lipinski definition) is 9. The van der Waals surface area contributed by atoms with Gasteiger partial charge >= 0.3 is 0 Å². The molecule has 2 unspecified atom stereocenters. The van der Waals surface area contributed by atoms with Crippen molar-refractivity contribution in [1.82, 2.24) is 34.4 Å². The van der Waals surface area contributed by atoms with Gasteiger partial charge in [0.25, 0.3) is 0 Å². The molecule has 1 aromatic carbocycles. The number of pyridine rings is 2. The van der Waals surface area contributed by atoms with Gasteiger partial charge in [-0.15, -0.1) is 0 Å². The smallest absolute Gasteiger partial charge is 0.246 e. The number of piperazine rings is 1. The molecule has 0 radical (unpaired) electrons. The number of aryl methyl sites for hydroxylation is 1. The molecule has 2 bridgehead atoms. The van der Waals surface area contributed by atoms with Crippen LogP contribution in [0.4, 0.5) is 21.7 Å². The van der Waals surface area contributed by atoms with Crippen LogP contribution >= 0.6 is 0 Å². The van der Waals surface area contributed by atoms with Crippen LogP contribution in [-0.2, 0) is 4.79 Å². The Morgan fingerprint density at radius 3 is 2.73 bits per heavy atom. The van der Waals surface area contributed by atoms with Gasteiger partial charge in [-0.1, -0.05) is 6.58 Å². The van der Waals surface area contributed by atoms with Crippen molar-refractivity contribution in [2.45, 2.75) is 31.8 Å². The fourth-order valence-corrected chi connectivity index (χ4v) is 5.73. The highest BCUT2D eigenvalue weighted by molar-refractivity contribution is 5.89. The lowest BCUT2D eigenvalue weighted by Crippen LogP contribution is -2.55. The average molecular weight is 552 g/mol. The lowest BCUT2D eigenvalue weighted by molar-refractivity contribution is -0.126. The number of nitrogens with zero attached hydrogens (tertiary/aromatic N) is 8. The van der Waals surface area contributed by atoms with Gasteiger partial charge in [-0.25, -0.2) is 28.8 Å². The molecule has 11 nitrogen and oxygen atoms in total. The molecule has 1 amide bonds. The molecule has 5 aromatic rings. The number of rotatable bonds is 6. The van der Waals surface area contributed by atoms with E-state index in [-0.39, 0.29) is 23.7 Å². The number of carbonyl (C=O) groups excluding carboxylic acids is 1. The topological polar surface area (TPSA) is 114 Å². The standard InChI is InChI=1S/C29H26FN9O2/c1-3-27(40)37-13-18-4-5-19(14-37)39(18)25-7-6-22-28(36-25)29(33-15-31-22)35-23-10-17(2)24(12-21(23)30)41-20-8-9-38-26(11-20)32-16-34-38/h3,6-12,15-16,18-19H,1,4-5,13-14H2,2H3,(H,31,33,35). The van der Waals surface area contributed by atoms with Crippen molar-refractivity contribution in [3.05, 3.63) is 79.3 Å². The second-order valence-electron chi connectivity index (χ2n) is 10.2. The maximum Gasteiger partial charge on any atom is 0.246 e. The summed E-state index contributed by atoms with van der Waals surface area (Å²) >= 11 is 0. The van der Waals surface area contributed by atoms with E-state index in [1.807, 2.05) is 24.0 Å². The highest BCUT2D eigenvalue weighted by Crippen LogP contribution is 2.36. The zero-order valence-electron chi connectivity index (χ0n) is 22.2. The van der Waals surface area contributed by atoms with Crippen LogP contribution in [0.1, 0.15) is 18.4 Å². The molecule has 2 aliphatic rings. The molecule has 206 valence electrons. The Kier molecular flexibility index (Phi) is 5.95. The van der Waals surface area contributed by atoms with Gasteiger partial charge in [0, 0.05) is 43.5 Å². The Labute approximate surface area is 234 Å². The summed E-state index contributed by atoms with van der Waals surface area (Å²) in [5.74, 6) is 1.55. The number of likely N-dealkylation sites (tertiary alicyclic amines) is 1. The van der Waals surface area contributed by atoms with Crippen LogP contribution in [0, 0.1) is 12.7 Å². The SMILES string of the molecule is C=CC(=O)N1CC2CCC(C1)N2c1ccc2ncnc(Nc3cc(C)c(Oc4ccn5ncnc5c4)cc3F)c2n1. The average Bonchev–Trinajstić information content (AvgIpc) is 3.55. The summed E-state index contributed by atoms with van der Waals surface area (Å²) in [6.07, 6.45) is 7.94. The molecular formula is C29H26FN9O2. The molecule has 7 rings (SSSR count). The quantitative estimate of drug-likeness (QED) is 0.307. The zero-order valence-corrected chi connectivity index (χ0v) is 22.2. The Bertz CT molecular complexity index is 1810. The van der Waals surface area contributed by atoms with Gasteiger partial charge in [-0.2, -0.15) is 5.10 Å². The molecule has 2 fully saturated rings. The second-order valence-corrected chi connectivity index (χ2v) is 10.2. The number of hydrogen-bond donors (Lipinski definition) is 1. The first-order valence-electron chi connectivity index (χ1n) is 13.3. The van der Waals surface area contributed by atoms with Crippen molar-refractivity contribution < 1.29 is 13.9 Å². The van der Waals surface area contributed by atoms with Crippen LogP contribution in [0.2, 0.25) is 0 Å². The Hall–Kier alpha value is -5.13. The van der Waals surface area contributed by atoms with Crippen LogP contribution in [0.5, 0.6) is 11.5 Å². The molecule has 12 heteroatoms. The zero-order chi connectivity index (χ0) is 28.1. The molecule has 0 spiro atoms. The van der Waals surface area contributed by atoms with Gasteiger partial charge in [0.2, 0.25) is 5.91 Å². The largest absolute Gasteiger partial charge is 0.457 e. The first-order chi connectivity index (χ1) is 20.0. The van der Waals surface area contributed by atoms with E-state index < -0.39 is 5.82 Å². The third kappa shape index (κ3) is 4.46. The predicted octanol–water partition coefficient (Wildman–Crippen LogP) is 4.42. The van der Waals surface area contributed by atoms with Crippen LogP contribution in [0.25, 0.3) is 16.7 Å². The van der Waals surface area contributed by atoms with E-state index in [0.717, 1.165) is 24.2 Å². The number of anilines is 3. The van der Waals surface area contributed by atoms with Gasteiger partial charge in [-0.3, -0.25) is 4.79 Å². The van der Waals surface area contributed by atoms with E-state index in [1.54, 1.807) is 28.9 Å². The van der Waals surface area contributed by atoms with Crippen LogP contribution in [-0.4, -0.2) is 65.5 Å². The molecule has 0 saturated carbocycles. The number of nitrogens with one attached hydrogen (secondary N) is 1. The molecule has 6 heterocycles. The summed E-state index contributed by atoms with van der Waals surface area (Å²) in [6.45, 7) is 6.73. The Balaban J connectivity index is 1.16. The van der Waals surface area contributed by atoms with E-state index in [4.69, 9.17) is 9.72 Å². The van der Waals surface area contributed by atoms with E-state index in [0.29, 0.717) is 47.1 Å². The number of benzene rings is 1. The lowest BCUT2D eigenvalue weighted by atomic mass is 10.1. The molecular weight excluding hydrogens is 525 g/mol. The van der Waals surface area contributed by atoms with E-state index >= 15 is 4.39 Å². The fourth-order valence-electron chi connectivity index (χ4n) is 5.73. The van der Waals surface area contributed by atoms with Crippen molar-refractivity contribution in [2.24, 2.45) is 0 Å². The van der Waals surface area contributed by atoms with Gasteiger partial charge in [0.15, 0.2) is 11.5 Å². The van der Waals surface area contributed by atoms with Crippen molar-refractivity contribution in [2.75, 3.05) is 23.3 Å². The molecule has 2 saturated heterocycles. The summed E-state index contributed by atoms with van der Waals surface area (Å²) in [7, 11) is 0. The first-order valence-corrected chi connectivity index (χ1v) is 13.3. The summed E-state index contributed by atoms with van der Waals surface area (Å²) in [5, 5.41) is 7.19. The minimum absolute atomic E-state index is 0.0435. The van der Waals surface area contributed by atoms with Crippen molar-refractivity contribution >= 4 is 39.9 Å². The van der Waals surface area contributed by atoms with Gasteiger partial charge < -0.3 is 19.9 Å². The summed E-state index contributed by atoms with van der Waals surface area (Å²) in [4.78, 5) is 34.2. The summed E-state index contributed by atoms with van der Waals surface area (Å²) in [5.41, 5.74) is 2.77. The Morgan fingerprint density at radius 1 is 1.10 bits per heavy atom. The van der Waals surface area contributed by atoms with Crippen LogP contribution < -0.4 is 15.0 Å². The number of carbonyl (C=O) groups is 1. The third-order valence-corrected chi connectivity index (χ3v) is 7.70. The normalized spacial score (nSPS) is 18.2. The molecule has 1 N–H and O–H groups in total. The Morgan fingerprint density at radius 2 is 1.93 bits per heavy atom. The van der Waals surface area contributed by atoms with Gasteiger partial charge in [-0.05, 0) is 55.7 Å². The van der Waals surface area contributed by atoms with E-state index in [2.05, 4.69) is 36.8 Å². The highest BCUT2D eigenvalue weighted by Gasteiger charge is 2.41. The maximum atomic E-state index is 15.4. The monoisotopic (exact) mass is 551 g/mol. The van der Waals surface area contributed by atoms with Crippen molar-refractivity contribution in [3.63, 3.8) is 0 Å². The van der Waals surface area contributed by atoms with Crippen molar-refractivity contribution in [1.29, 1.82) is 0 Å². The molecule has 0 aliphatic carbocycles. The molecule has 2 aliphatic heterocycles. The first kappa shape index (κ1) is 24.9. The second kappa shape index (κ2) is 9.81. The van der Waals surface area contributed by atoms with Gasteiger partial charge in [0.05, 0.1) is 11.2 Å². The molecule has 4 aromatic heterocycles. The lowest BCUT2D eigenvalue weighted by Gasteiger charge is -2.41. The minimum Gasteiger partial charge on any atom is -0.457 e. The number of ether oxygens (including phenoxy) is 1. The number of halogens is 1. The predicted molar refractivity (Wildman–Crippen MR) is 151 cm³/mol. The number of aromatic nitrogens is 6. The maximum absolute atomic E-state index is 15.4. The van der Waals surface area contributed by atoms with Crippen LogP contribution in [0.15, 0.2) is 67.9 Å². The highest BCUT2D eigenvalue weighted by atomic mass is 19.1. The minimum atomic E-state index is -0.502. The molecule has 41 heavy (non-hydrogen) atoms. The number of amides is 1.